The maximum Gasteiger partial charge on any atom is 0.337 e. The molecule has 0 aliphatic carbocycles. The van der Waals surface area contributed by atoms with E-state index in [0.717, 1.165) is 17.3 Å². The van der Waals surface area contributed by atoms with Gasteiger partial charge in [-0.3, -0.25) is 4.79 Å². The smallest absolute Gasteiger partial charge is 0.337 e. The Balaban J connectivity index is 2.03. The van der Waals surface area contributed by atoms with Gasteiger partial charge in [0, 0.05) is 11.3 Å². The summed E-state index contributed by atoms with van der Waals surface area (Å²) in [5.74, 6) is 0.0551. The number of carbonyl (C=O) groups is 2. The summed E-state index contributed by atoms with van der Waals surface area (Å²) in [6, 6.07) is 11.7. The summed E-state index contributed by atoms with van der Waals surface area (Å²) in [6.07, 6.45) is 2.04. The molecule has 0 heterocycles. The van der Waals surface area contributed by atoms with Crippen LogP contribution in [0.15, 0.2) is 46.9 Å². The Bertz CT molecular complexity index is 744. The van der Waals surface area contributed by atoms with Crippen molar-refractivity contribution in [2.45, 2.75) is 19.8 Å². The predicted molar refractivity (Wildman–Crippen MR) is 100 cm³/mol. The van der Waals surface area contributed by atoms with Crippen molar-refractivity contribution in [1.29, 1.82) is 0 Å². The fraction of sp³-hybridized carbons (Fsp3) is 0.263. The normalized spacial score (nSPS) is 10.2. The third-order valence-corrected chi connectivity index (χ3v) is 4.13. The van der Waals surface area contributed by atoms with E-state index in [2.05, 4.69) is 32.9 Å². The van der Waals surface area contributed by atoms with Crippen LogP contribution in [0.5, 0.6) is 5.75 Å². The quantitative estimate of drug-likeness (QED) is 0.536. The molecule has 132 valence electrons. The number of amides is 1. The van der Waals surface area contributed by atoms with E-state index in [-0.39, 0.29) is 5.91 Å². The van der Waals surface area contributed by atoms with Crippen LogP contribution in [0.4, 0.5) is 5.69 Å². The fourth-order valence-corrected chi connectivity index (χ4v) is 2.59. The van der Waals surface area contributed by atoms with Gasteiger partial charge in [0.15, 0.2) is 0 Å². The summed E-state index contributed by atoms with van der Waals surface area (Å²) in [6.45, 7) is 2.75. The van der Waals surface area contributed by atoms with Crippen LogP contribution in [0.2, 0.25) is 0 Å². The lowest BCUT2D eigenvalue weighted by Gasteiger charge is -2.10. The van der Waals surface area contributed by atoms with Gasteiger partial charge in [-0.2, -0.15) is 0 Å². The Morgan fingerprint density at radius 3 is 2.36 bits per heavy atom. The van der Waals surface area contributed by atoms with E-state index in [1.165, 1.54) is 7.11 Å². The lowest BCUT2D eigenvalue weighted by molar-refractivity contribution is 0.0600. The van der Waals surface area contributed by atoms with Crippen molar-refractivity contribution >= 4 is 33.5 Å². The first-order valence-corrected chi connectivity index (χ1v) is 8.76. The van der Waals surface area contributed by atoms with Crippen molar-refractivity contribution in [2.24, 2.45) is 0 Å². The molecule has 5 nitrogen and oxygen atoms in total. The first-order chi connectivity index (χ1) is 12.0. The van der Waals surface area contributed by atoms with E-state index < -0.39 is 5.97 Å². The molecule has 2 rings (SSSR count). The van der Waals surface area contributed by atoms with Crippen molar-refractivity contribution in [3.63, 3.8) is 0 Å². The van der Waals surface area contributed by atoms with E-state index in [0.29, 0.717) is 29.2 Å². The number of methoxy groups -OCH3 is 1. The number of esters is 1. The van der Waals surface area contributed by atoms with Crippen LogP contribution >= 0.6 is 15.9 Å². The zero-order valence-electron chi connectivity index (χ0n) is 14.2. The highest BCUT2D eigenvalue weighted by molar-refractivity contribution is 9.10. The van der Waals surface area contributed by atoms with Crippen molar-refractivity contribution in [2.75, 3.05) is 19.0 Å². The number of ether oxygens (including phenoxy) is 2. The van der Waals surface area contributed by atoms with Gasteiger partial charge in [-0.15, -0.1) is 0 Å². The molecule has 0 aromatic heterocycles. The van der Waals surface area contributed by atoms with E-state index >= 15 is 0 Å². The molecular weight excluding hydrogens is 386 g/mol. The fourth-order valence-electron chi connectivity index (χ4n) is 2.10. The van der Waals surface area contributed by atoms with Crippen LogP contribution < -0.4 is 10.1 Å². The summed E-state index contributed by atoms with van der Waals surface area (Å²) in [7, 11) is 1.32. The van der Waals surface area contributed by atoms with Gasteiger partial charge in [0.1, 0.15) is 5.75 Å². The highest BCUT2D eigenvalue weighted by Gasteiger charge is 2.11. The summed E-state index contributed by atoms with van der Waals surface area (Å²) >= 11 is 3.43. The maximum absolute atomic E-state index is 12.3. The molecule has 0 aliphatic rings. The number of unbranched alkanes of at least 4 members (excludes halogenated alkanes) is 1. The van der Waals surface area contributed by atoms with Gasteiger partial charge >= 0.3 is 5.97 Å². The molecule has 0 fully saturated rings. The van der Waals surface area contributed by atoms with Gasteiger partial charge in [-0.1, -0.05) is 13.3 Å². The number of benzene rings is 2. The van der Waals surface area contributed by atoms with Gasteiger partial charge in [0.2, 0.25) is 0 Å². The largest absolute Gasteiger partial charge is 0.492 e. The molecule has 0 bridgehead atoms. The third kappa shape index (κ3) is 5.32. The number of anilines is 1. The zero-order valence-corrected chi connectivity index (χ0v) is 15.8. The Labute approximate surface area is 155 Å². The van der Waals surface area contributed by atoms with Crippen LogP contribution in [-0.2, 0) is 4.74 Å². The Hall–Kier alpha value is -2.34. The van der Waals surface area contributed by atoms with Crippen LogP contribution in [0.25, 0.3) is 0 Å². The highest BCUT2D eigenvalue weighted by atomic mass is 79.9. The molecule has 6 heteroatoms. The SMILES string of the molecule is CCCCOc1ccc(C(=O)Nc2ccc(C(=O)OC)cc2)cc1Br. The monoisotopic (exact) mass is 405 g/mol. The molecule has 0 spiro atoms. The van der Waals surface area contributed by atoms with Gasteiger partial charge in [-0.25, -0.2) is 4.79 Å². The molecule has 1 N–H and O–H groups in total. The van der Waals surface area contributed by atoms with E-state index in [9.17, 15) is 9.59 Å². The predicted octanol–water partition coefficient (Wildman–Crippen LogP) is 4.67. The van der Waals surface area contributed by atoms with Gasteiger partial charge in [0.05, 0.1) is 23.8 Å². The Morgan fingerprint density at radius 2 is 1.76 bits per heavy atom. The van der Waals surface area contributed by atoms with E-state index in [1.807, 2.05) is 0 Å². The molecule has 0 saturated heterocycles. The second kappa shape index (κ2) is 9.22. The molecule has 2 aromatic rings. The molecule has 0 atom stereocenters. The molecule has 0 saturated carbocycles. The topological polar surface area (TPSA) is 64.6 Å². The average Bonchev–Trinajstić information content (AvgIpc) is 2.63. The molecule has 2 aromatic carbocycles. The molecule has 1 amide bonds. The second-order valence-corrected chi connectivity index (χ2v) is 6.22. The van der Waals surface area contributed by atoms with Crippen LogP contribution in [0.1, 0.15) is 40.5 Å². The second-order valence-electron chi connectivity index (χ2n) is 5.37. The highest BCUT2D eigenvalue weighted by Crippen LogP contribution is 2.26. The minimum atomic E-state index is -0.416. The van der Waals surface area contributed by atoms with Gasteiger partial charge < -0.3 is 14.8 Å². The van der Waals surface area contributed by atoms with Crippen LogP contribution in [-0.4, -0.2) is 25.6 Å². The molecule has 25 heavy (non-hydrogen) atoms. The van der Waals surface area contributed by atoms with Gasteiger partial charge in [-0.05, 0) is 64.8 Å². The summed E-state index contributed by atoms with van der Waals surface area (Å²) in [5, 5.41) is 2.79. The van der Waals surface area contributed by atoms with Crippen molar-refractivity contribution < 1.29 is 19.1 Å². The number of hydrogen-bond acceptors (Lipinski definition) is 4. The molecular formula is C19H20BrNO4. The van der Waals surface area contributed by atoms with Crippen molar-refractivity contribution in [3.05, 3.63) is 58.1 Å². The summed E-state index contributed by atoms with van der Waals surface area (Å²) in [5.41, 5.74) is 1.53. The number of halogens is 1. The van der Waals surface area contributed by atoms with Crippen LogP contribution in [0, 0.1) is 0 Å². The standard InChI is InChI=1S/C19H20BrNO4/c1-3-4-11-25-17-10-7-14(12-16(17)20)18(22)21-15-8-5-13(6-9-15)19(23)24-2/h5-10,12H,3-4,11H2,1-2H3,(H,21,22). The molecule has 0 radical (unpaired) electrons. The van der Waals surface area contributed by atoms with Crippen LogP contribution in [0.3, 0.4) is 0 Å². The van der Waals surface area contributed by atoms with E-state index in [1.54, 1.807) is 42.5 Å². The number of carbonyl (C=O) groups excluding carboxylic acids is 2. The van der Waals surface area contributed by atoms with Crippen molar-refractivity contribution in [1.82, 2.24) is 0 Å². The third-order valence-electron chi connectivity index (χ3n) is 3.51. The zero-order chi connectivity index (χ0) is 18.2. The number of rotatable bonds is 7. The first-order valence-electron chi connectivity index (χ1n) is 7.97. The first kappa shape index (κ1) is 19.0. The Morgan fingerprint density at radius 1 is 1.08 bits per heavy atom. The summed E-state index contributed by atoms with van der Waals surface area (Å²) in [4.78, 5) is 23.8. The van der Waals surface area contributed by atoms with Crippen molar-refractivity contribution in [3.8, 4) is 5.75 Å². The maximum atomic E-state index is 12.3. The minimum absolute atomic E-state index is 0.244. The summed E-state index contributed by atoms with van der Waals surface area (Å²) < 4.78 is 11.0. The Kier molecular flexibility index (Phi) is 7.01. The minimum Gasteiger partial charge on any atom is -0.492 e. The molecule has 0 unspecified atom stereocenters. The van der Waals surface area contributed by atoms with E-state index in [4.69, 9.17) is 4.74 Å². The number of nitrogens with one attached hydrogen (secondary N) is 1. The lowest BCUT2D eigenvalue weighted by Crippen LogP contribution is -2.12. The molecule has 0 aliphatic heterocycles. The number of hydrogen-bond donors (Lipinski definition) is 1. The lowest BCUT2D eigenvalue weighted by atomic mass is 10.1. The average molecular weight is 406 g/mol. The van der Waals surface area contributed by atoms with Gasteiger partial charge in [0.25, 0.3) is 5.91 Å².